The number of hydrogen-bond acceptors (Lipinski definition) is 2. The molecule has 0 aromatic heterocycles. The van der Waals surface area contributed by atoms with Gasteiger partial charge in [-0.25, -0.2) is 0 Å². The SMILES string of the molecule is Cc1ccc(C2CCNCCN2C)cc1. The summed E-state index contributed by atoms with van der Waals surface area (Å²) in [5.74, 6) is 0. The molecule has 2 rings (SSSR count). The molecule has 2 heteroatoms. The van der Waals surface area contributed by atoms with Crippen LogP contribution in [-0.4, -0.2) is 31.6 Å². The minimum atomic E-state index is 0.584. The Kier molecular flexibility index (Phi) is 3.39. The molecular weight excluding hydrogens is 184 g/mol. The van der Waals surface area contributed by atoms with E-state index in [1.807, 2.05) is 0 Å². The fourth-order valence-electron chi connectivity index (χ4n) is 2.21. The van der Waals surface area contributed by atoms with Gasteiger partial charge in [-0.05, 0) is 32.5 Å². The third kappa shape index (κ3) is 2.58. The first-order chi connectivity index (χ1) is 7.27. The highest BCUT2D eigenvalue weighted by Gasteiger charge is 2.18. The van der Waals surface area contributed by atoms with Gasteiger partial charge in [0.1, 0.15) is 0 Å². The van der Waals surface area contributed by atoms with Crippen molar-refractivity contribution in [1.29, 1.82) is 0 Å². The first-order valence-electron chi connectivity index (χ1n) is 5.75. The minimum absolute atomic E-state index is 0.584. The number of nitrogens with one attached hydrogen (secondary N) is 1. The van der Waals surface area contributed by atoms with Crippen molar-refractivity contribution in [2.45, 2.75) is 19.4 Å². The summed E-state index contributed by atoms with van der Waals surface area (Å²) < 4.78 is 0. The molecule has 1 aliphatic heterocycles. The summed E-state index contributed by atoms with van der Waals surface area (Å²) in [5.41, 5.74) is 2.79. The minimum Gasteiger partial charge on any atom is -0.315 e. The van der Waals surface area contributed by atoms with E-state index in [4.69, 9.17) is 0 Å². The second-order valence-corrected chi connectivity index (χ2v) is 4.45. The number of aryl methyl sites for hydroxylation is 1. The molecule has 0 saturated carbocycles. The normalized spacial score (nSPS) is 23.7. The van der Waals surface area contributed by atoms with Gasteiger partial charge in [-0.15, -0.1) is 0 Å². The van der Waals surface area contributed by atoms with Crippen LogP contribution in [0.1, 0.15) is 23.6 Å². The van der Waals surface area contributed by atoms with Gasteiger partial charge in [0.15, 0.2) is 0 Å². The van der Waals surface area contributed by atoms with Crippen LogP contribution in [0.2, 0.25) is 0 Å². The van der Waals surface area contributed by atoms with Gasteiger partial charge in [-0.1, -0.05) is 29.8 Å². The lowest BCUT2D eigenvalue weighted by atomic mass is 10.0. The Labute approximate surface area is 92.3 Å². The Balaban J connectivity index is 2.16. The van der Waals surface area contributed by atoms with E-state index < -0.39 is 0 Å². The molecule has 1 heterocycles. The van der Waals surface area contributed by atoms with Crippen LogP contribution in [0.25, 0.3) is 0 Å². The smallest absolute Gasteiger partial charge is 0.0357 e. The van der Waals surface area contributed by atoms with Crippen LogP contribution in [0.3, 0.4) is 0 Å². The molecule has 1 atom stereocenters. The topological polar surface area (TPSA) is 15.3 Å². The summed E-state index contributed by atoms with van der Waals surface area (Å²) >= 11 is 0. The monoisotopic (exact) mass is 204 g/mol. The average molecular weight is 204 g/mol. The molecule has 0 spiro atoms. The molecule has 0 amide bonds. The van der Waals surface area contributed by atoms with Crippen molar-refractivity contribution >= 4 is 0 Å². The van der Waals surface area contributed by atoms with E-state index in [0.29, 0.717) is 6.04 Å². The first kappa shape index (κ1) is 10.7. The standard InChI is InChI=1S/C13H20N2/c1-11-3-5-12(6-4-11)13-7-8-14-9-10-15(13)2/h3-6,13-14H,7-10H2,1-2H3. The van der Waals surface area contributed by atoms with Crippen molar-refractivity contribution in [2.24, 2.45) is 0 Å². The average Bonchev–Trinajstić information content (AvgIpc) is 2.44. The van der Waals surface area contributed by atoms with E-state index in [0.717, 1.165) is 19.6 Å². The van der Waals surface area contributed by atoms with Gasteiger partial charge in [-0.2, -0.15) is 0 Å². The van der Waals surface area contributed by atoms with Gasteiger partial charge in [0, 0.05) is 19.1 Å². The number of hydrogen-bond donors (Lipinski definition) is 1. The molecule has 1 saturated heterocycles. The molecule has 1 aromatic rings. The van der Waals surface area contributed by atoms with Crippen LogP contribution in [0.15, 0.2) is 24.3 Å². The lowest BCUT2D eigenvalue weighted by molar-refractivity contribution is 0.258. The van der Waals surface area contributed by atoms with E-state index in [1.165, 1.54) is 17.5 Å². The Hall–Kier alpha value is -0.860. The summed E-state index contributed by atoms with van der Waals surface area (Å²) in [4.78, 5) is 2.45. The van der Waals surface area contributed by atoms with Crippen molar-refractivity contribution < 1.29 is 0 Å². The van der Waals surface area contributed by atoms with Crippen molar-refractivity contribution in [1.82, 2.24) is 10.2 Å². The van der Waals surface area contributed by atoms with Crippen LogP contribution in [0.5, 0.6) is 0 Å². The van der Waals surface area contributed by atoms with Gasteiger partial charge in [0.25, 0.3) is 0 Å². The molecule has 0 aliphatic carbocycles. The van der Waals surface area contributed by atoms with Gasteiger partial charge < -0.3 is 5.32 Å². The zero-order valence-corrected chi connectivity index (χ0v) is 9.66. The Morgan fingerprint density at radius 3 is 2.67 bits per heavy atom. The molecule has 82 valence electrons. The molecule has 2 nitrogen and oxygen atoms in total. The largest absolute Gasteiger partial charge is 0.315 e. The molecule has 1 unspecified atom stereocenters. The molecular formula is C13H20N2. The summed E-state index contributed by atoms with van der Waals surface area (Å²) in [6.45, 7) is 5.52. The maximum atomic E-state index is 3.45. The molecule has 15 heavy (non-hydrogen) atoms. The quantitative estimate of drug-likeness (QED) is 0.752. The van der Waals surface area contributed by atoms with Crippen molar-refractivity contribution in [3.63, 3.8) is 0 Å². The summed E-state index contributed by atoms with van der Waals surface area (Å²) in [6, 6.07) is 9.53. The van der Waals surface area contributed by atoms with E-state index >= 15 is 0 Å². The van der Waals surface area contributed by atoms with Crippen LogP contribution in [-0.2, 0) is 0 Å². The summed E-state index contributed by atoms with van der Waals surface area (Å²) in [6.07, 6.45) is 1.21. The van der Waals surface area contributed by atoms with E-state index in [2.05, 4.69) is 48.5 Å². The lowest BCUT2D eigenvalue weighted by Crippen LogP contribution is -2.26. The molecule has 0 bridgehead atoms. The lowest BCUT2D eigenvalue weighted by Gasteiger charge is -2.25. The highest BCUT2D eigenvalue weighted by atomic mass is 15.2. The van der Waals surface area contributed by atoms with Crippen molar-refractivity contribution in [3.05, 3.63) is 35.4 Å². The van der Waals surface area contributed by atoms with Crippen LogP contribution in [0, 0.1) is 6.92 Å². The highest BCUT2D eigenvalue weighted by molar-refractivity contribution is 5.24. The number of likely N-dealkylation sites (N-methyl/N-ethyl adjacent to an activating group) is 1. The Bertz CT molecular complexity index is 305. The predicted octanol–water partition coefficient (Wildman–Crippen LogP) is 1.96. The predicted molar refractivity (Wildman–Crippen MR) is 64.0 cm³/mol. The fourth-order valence-corrected chi connectivity index (χ4v) is 2.21. The fraction of sp³-hybridized carbons (Fsp3) is 0.538. The van der Waals surface area contributed by atoms with E-state index in [1.54, 1.807) is 0 Å². The number of nitrogens with zero attached hydrogens (tertiary/aromatic N) is 1. The molecule has 1 aliphatic rings. The summed E-state index contributed by atoms with van der Waals surface area (Å²) in [7, 11) is 2.22. The van der Waals surface area contributed by atoms with Crippen molar-refractivity contribution in [3.8, 4) is 0 Å². The Morgan fingerprint density at radius 1 is 1.20 bits per heavy atom. The van der Waals surface area contributed by atoms with Gasteiger partial charge in [0.2, 0.25) is 0 Å². The Morgan fingerprint density at radius 2 is 1.93 bits per heavy atom. The van der Waals surface area contributed by atoms with Gasteiger partial charge in [-0.3, -0.25) is 4.90 Å². The third-order valence-electron chi connectivity index (χ3n) is 3.23. The molecule has 0 radical (unpaired) electrons. The molecule has 1 fully saturated rings. The second kappa shape index (κ2) is 4.77. The van der Waals surface area contributed by atoms with Crippen LogP contribution >= 0.6 is 0 Å². The number of benzene rings is 1. The zero-order valence-electron chi connectivity index (χ0n) is 9.66. The third-order valence-corrected chi connectivity index (χ3v) is 3.23. The maximum Gasteiger partial charge on any atom is 0.0357 e. The molecule has 1 aromatic carbocycles. The second-order valence-electron chi connectivity index (χ2n) is 4.45. The molecule has 1 N–H and O–H groups in total. The van der Waals surface area contributed by atoms with E-state index in [9.17, 15) is 0 Å². The van der Waals surface area contributed by atoms with Crippen LogP contribution < -0.4 is 5.32 Å². The van der Waals surface area contributed by atoms with E-state index in [-0.39, 0.29) is 0 Å². The maximum absolute atomic E-state index is 3.45. The van der Waals surface area contributed by atoms with Crippen molar-refractivity contribution in [2.75, 3.05) is 26.7 Å². The van der Waals surface area contributed by atoms with Gasteiger partial charge >= 0.3 is 0 Å². The number of rotatable bonds is 1. The van der Waals surface area contributed by atoms with Crippen LogP contribution in [0.4, 0.5) is 0 Å². The zero-order chi connectivity index (χ0) is 10.7. The van der Waals surface area contributed by atoms with Gasteiger partial charge in [0.05, 0.1) is 0 Å². The highest BCUT2D eigenvalue weighted by Crippen LogP contribution is 2.23. The summed E-state index contributed by atoms with van der Waals surface area (Å²) in [5, 5.41) is 3.45. The first-order valence-corrected chi connectivity index (χ1v) is 5.75.